The summed E-state index contributed by atoms with van der Waals surface area (Å²) < 4.78 is 0. The summed E-state index contributed by atoms with van der Waals surface area (Å²) in [6.45, 7) is 7.40. The van der Waals surface area contributed by atoms with Gasteiger partial charge < -0.3 is 10.2 Å². The SMILES string of the molecule is Cc1ccccc1CC(=O)NCC1CC(=O)N(C(C)C)C1. The molecule has 2 amide bonds. The van der Waals surface area contributed by atoms with Crippen LogP contribution < -0.4 is 5.32 Å². The molecule has 0 saturated carbocycles. The van der Waals surface area contributed by atoms with Crippen molar-refractivity contribution in [3.05, 3.63) is 35.4 Å². The van der Waals surface area contributed by atoms with Crippen LogP contribution in [0.5, 0.6) is 0 Å². The number of amides is 2. The number of nitrogens with one attached hydrogen (secondary N) is 1. The molecule has 1 aromatic rings. The number of aryl methyl sites for hydroxylation is 1. The van der Waals surface area contributed by atoms with E-state index in [2.05, 4.69) is 5.32 Å². The average molecular weight is 288 g/mol. The van der Waals surface area contributed by atoms with E-state index in [0.717, 1.165) is 17.7 Å². The van der Waals surface area contributed by atoms with E-state index in [1.54, 1.807) is 0 Å². The summed E-state index contributed by atoms with van der Waals surface area (Å²) in [6, 6.07) is 8.16. The molecule has 1 aromatic carbocycles. The van der Waals surface area contributed by atoms with Crippen molar-refractivity contribution in [2.75, 3.05) is 13.1 Å². The Morgan fingerprint density at radius 3 is 2.71 bits per heavy atom. The van der Waals surface area contributed by atoms with E-state index in [4.69, 9.17) is 0 Å². The van der Waals surface area contributed by atoms with Gasteiger partial charge in [-0.05, 0) is 31.9 Å². The topological polar surface area (TPSA) is 49.4 Å². The normalized spacial score (nSPS) is 18.4. The zero-order valence-corrected chi connectivity index (χ0v) is 13.1. The Morgan fingerprint density at radius 2 is 2.10 bits per heavy atom. The molecule has 1 aliphatic heterocycles. The summed E-state index contributed by atoms with van der Waals surface area (Å²) >= 11 is 0. The molecule has 1 unspecified atom stereocenters. The maximum absolute atomic E-state index is 12.0. The third-order valence-corrected chi connectivity index (χ3v) is 4.06. The van der Waals surface area contributed by atoms with Crippen LogP contribution in [0.3, 0.4) is 0 Å². The highest BCUT2D eigenvalue weighted by Gasteiger charge is 2.31. The molecule has 1 fully saturated rings. The van der Waals surface area contributed by atoms with Crippen LogP contribution in [0.2, 0.25) is 0 Å². The van der Waals surface area contributed by atoms with Crippen LogP contribution in [0.1, 0.15) is 31.4 Å². The van der Waals surface area contributed by atoms with Crippen molar-refractivity contribution < 1.29 is 9.59 Å². The summed E-state index contributed by atoms with van der Waals surface area (Å²) in [5.41, 5.74) is 2.19. The summed E-state index contributed by atoms with van der Waals surface area (Å²) in [4.78, 5) is 25.7. The number of hydrogen-bond donors (Lipinski definition) is 1. The molecular formula is C17H24N2O2. The van der Waals surface area contributed by atoms with Crippen LogP contribution in [0.15, 0.2) is 24.3 Å². The molecule has 1 saturated heterocycles. The highest BCUT2D eigenvalue weighted by Crippen LogP contribution is 2.19. The van der Waals surface area contributed by atoms with Crippen molar-refractivity contribution in [1.82, 2.24) is 10.2 Å². The van der Waals surface area contributed by atoms with Gasteiger partial charge in [-0.15, -0.1) is 0 Å². The highest BCUT2D eigenvalue weighted by molar-refractivity contribution is 5.80. The molecule has 2 rings (SSSR count). The largest absolute Gasteiger partial charge is 0.355 e. The average Bonchev–Trinajstić information content (AvgIpc) is 2.80. The third kappa shape index (κ3) is 4.06. The maximum Gasteiger partial charge on any atom is 0.224 e. The number of carbonyl (C=O) groups is 2. The minimum absolute atomic E-state index is 0.0275. The highest BCUT2D eigenvalue weighted by atomic mass is 16.2. The monoisotopic (exact) mass is 288 g/mol. The fourth-order valence-electron chi connectivity index (χ4n) is 2.75. The Morgan fingerprint density at radius 1 is 1.38 bits per heavy atom. The van der Waals surface area contributed by atoms with E-state index in [9.17, 15) is 9.59 Å². The van der Waals surface area contributed by atoms with Crippen molar-refractivity contribution in [3.8, 4) is 0 Å². The standard InChI is InChI=1S/C17H24N2O2/c1-12(2)19-11-14(8-17(19)21)10-18-16(20)9-15-7-5-4-6-13(15)3/h4-7,12,14H,8-11H2,1-3H3,(H,18,20). The number of hydrogen-bond acceptors (Lipinski definition) is 2. The van der Waals surface area contributed by atoms with E-state index in [1.807, 2.05) is 49.9 Å². The molecule has 1 N–H and O–H groups in total. The second-order valence-corrected chi connectivity index (χ2v) is 6.12. The fraction of sp³-hybridized carbons (Fsp3) is 0.529. The van der Waals surface area contributed by atoms with Gasteiger partial charge in [0.2, 0.25) is 11.8 Å². The molecule has 0 spiro atoms. The molecule has 0 bridgehead atoms. The van der Waals surface area contributed by atoms with Crippen LogP contribution in [-0.4, -0.2) is 35.8 Å². The Balaban J connectivity index is 1.80. The Bertz CT molecular complexity index is 525. The quantitative estimate of drug-likeness (QED) is 0.900. The summed E-state index contributed by atoms with van der Waals surface area (Å²) in [5.74, 6) is 0.462. The molecule has 0 radical (unpaired) electrons. The Hall–Kier alpha value is -1.84. The Labute approximate surface area is 126 Å². The first-order valence-corrected chi connectivity index (χ1v) is 7.58. The van der Waals surface area contributed by atoms with Gasteiger partial charge in [-0.25, -0.2) is 0 Å². The van der Waals surface area contributed by atoms with Crippen LogP contribution >= 0.6 is 0 Å². The summed E-state index contributed by atoms with van der Waals surface area (Å²) in [6.07, 6.45) is 0.948. The summed E-state index contributed by atoms with van der Waals surface area (Å²) in [7, 11) is 0. The van der Waals surface area contributed by atoms with Gasteiger partial charge in [-0.1, -0.05) is 24.3 Å². The number of carbonyl (C=O) groups excluding carboxylic acids is 2. The van der Waals surface area contributed by atoms with Crippen molar-refractivity contribution >= 4 is 11.8 Å². The van der Waals surface area contributed by atoms with Gasteiger partial charge in [0.15, 0.2) is 0 Å². The second-order valence-electron chi connectivity index (χ2n) is 6.12. The lowest BCUT2D eigenvalue weighted by molar-refractivity contribution is -0.129. The molecule has 0 aromatic heterocycles. The molecule has 114 valence electrons. The first-order valence-electron chi connectivity index (χ1n) is 7.58. The minimum atomic E-state index is 0.0275. The first-order chi connectivity index (χ1) is 9.97. The van der Waals surface area contributed by atoms with Gasteiger partial charge in [0.05, 0.1) is 6.42 Å². The van der Waals surface area contributed by atoms with E-state index >= 15 is 0 Å². The van der Waals surface area contributed by atoms with Crippen LogP contribution in [0, 0.1) is 12.8 Å². The molecule has 1 atom stereocenters. The molecule has 1 aliphatic rings. The van der Waals surface area contributed by atoms with Crippen molar-refractivity contribution in [2.45, 2.75) is 39.7 Å². The van der Waals surface area contributed by atoms with Crippen molar-refractivity contribution in [1.29, 1.82) is 0 Å². The molecular weight excluding hydrogens is 264 g/mol. The fourth-order valence-corrected chi connectivity index (χ4v) is 2.75. The van der Waals surface area contributed by atoms with Gasteiger partial charge in [0, 0.05) is 31.5 Å². The lowest BCUT2D eigenvalue weighted by Crippen LogP contribution is -2.34. The molecule has 4 nitrogen and oxygen atoms in total. The second kappa shape index (κ2) is 6.74. The lowest BCUT2D eigenvalue weighted by Gasteiger charge is -2.21. The molecule has 1 heterocycles. The molecule has 4 heteroatoms. The van der Waals surface area contributed by atoms with Gasteiger partial charge >= 0.3 is 0 Å². The van der Waals surface area contributed by atoms with Gasteiger partial charge in [-0.2, -0.15) is 0 Å². The summed E-state index contributed by atoms with van der Waals surface area (Å²) in [5, 5.41) is 2.96. The van der Waals surface area contributed by atoms with E-state index < -0.39 is 0 Å². The minimum Gasteiger partial charge on any atom is -0.355 e. The van der Waals surface area contributed by atoms with Gasteiger partial charge in [-0.3, -0.25) is 9.59 Å². The zero-order chi connectivity index (χ0) is 15.4. The van der Waals surface area contributed by atoms with Crippen molar-refractivity contribution in [3.63, 3.8) is 0 Å². The van der Waals surface area contributed by atoms with E-state index in [-0.39, 0.29) is 23.8 Å². The van der Waals surface area contributed by atoms with Crippen LogP contribution in [0.4, 0.5) is 0 Å². The maximum atomic E-state index is 12.0. The van der Waals surface area contributed by atoms with Crippen molar-refractivity contribution in [2.24, 2.45) is 5.92 Å². The third-order valence-electron chi connectivity index (χ3n) is 4.06. The Kier molecular flexibility index (Phi) is 4.99. The predicted molar refractivity (Wildman–Crippen MR) is 82.8 cm³/mol. The lowest BCUT2D eigenvalue weighted by atomic mass is 10.1. The van der Waals surface area contributed by atoms with Crippen LogP contribution in [-0.2, 0) is 16.0 Å². The smallest absolute Gasteiger partial charge is 0.224 e. The number of rotatable bonds is 5. The van der Waals surface area contributed by atoms with Crippen LogP contribution in [0.25, 0.3) is 0 Å². The van der Waals surface area contributed by atoms with E-state index in [0.29, 0.717) is 19.4 Å². The zero-order valence-electron chi connectivity index (χ0n) is 13.1. The molecule has 0 aliphatic carbocycles. The van der Waals surface area contributed by atoms with Gasteiger partial charge in [0.1, 0.15) is 0 Å². The predicted octanol–water partition coefficient (Wildman–Crippen LogP) is 1.91. The molecule has 21 heavy (non-hydrogen) atoms. The first kappa shape index (κ1) is 15.5. The number of likely N-dealkylation sites (tertiary alicyclic amines) is 1. The number of nitrogens with zero attached hydrogens (tertiary/aromatic N) is 1. The number of benzene rings is 1. The van der Waals surface area contributed by atoms with E-state index in [1.165, 1.54) is 0 Å². The van der Waals surface area contributed by atoms with Gasteiger partial charge in [0.25, 0.3) is 0 Å².